The number of hydrogen-bond acceptors (Lipinski definition) is 3. The summed E-state index contributed by atoms with van der Waals surface area (Å²) in [5, 5.41) is 2.78. The fourth-order valence-corrected chi connectivity index (χ4v) is 2.44. The van der Waals surface area contributed by atoms with Crippen molar-refractivity contribution in [2.75, 3.05) is 7.11 Å². The Morgan fingerprint density at radius 1 is 1.24 bits per heavy atom. The summed E-state index contributed by atoms with van der Waals surface area (Å²) < 4.78 is 17.7. The molecule has 1 atom stereocenters. The van der Waals surface area contributed by atoms with Crippen LogP contribution in [0.3, 0.4) is 0 Å². The number of rotatable bonds is 5. The highest BCUT2D eigenvalue weighted by atomic mass is 19.1. The lowest BCUT2D eigenvalue weighted by Crippen LogP contribution is -2.48. The van der Waals surface area contributed by atoms with E-state index in [-0.39, 0.29) is 17.6 Å². The molecule has 1 saturated carbocycles. The van der Waals surface area contributed by atoms with Gasteiger partial charge in [-0.15, -0.1) is 0 Å². The molecule has 21 heavy (non-hydrogen) atoms. The Labute approximate surface area is 123 Å². The van der Waals surface area contributed by atoms with Gasteiger partial charge in [-0.1, -0.05) is 26.0 Å². The van der Waals surface area contributed by atoms with Gasteiger partial charge in [-0.25, -0.2) is 9.18 Å². The molecule has 0 spiro atoms. The lowest BCUT2D eigenvalue weighted by Gasteiger charge is -2.23. The quantitative estimate of drug-likeness (QED) is 0.847. The number of carbonyl (C=O) groups is 2. The molecule has 0 aromatic heterocycles. The lowest BCUT2D eigenvalue weighted by molar-refractivity contribution is -0.146. The molecule has 114 valence electrons. The predicted molar refractivity (Wildman–Crippen MR) is 76.1 cm³/mol. The van der Waals surface area contributed by atoms with Crippen molar-refractivity contribution in [1.29, 1.82) is 0 Å². The molecule has 2 rings (SSSR count). The van der Waals surface area contributed by atoms with Crippen molar-refractivity contribution in [3.63, 3.8) is 0 Å². The number of carbonyl (C=O) groups excluding carboxylic acids is 2. The van der Waals surface area contributed by atoms with E-state index in [0.717, 1.165) is 5.56 Å². The second kappa shape index (κ2) is 5.84. The number of esters is 1. The van der Waals surface area contributed by atoms with E-state index in [1.165, 1.54) is 19.2 Å². The van der Waals surface area contributed by atoms with Gasteiger partial charge in [0.05, 0.1) is 12.5 Å². The third-order valence-corrected chi connectivity index (χ3v) is 3.99. The molecule has 1 fully saturated rings. The Bertz CT molecular complexity index is 535. The van der Waals surface area contributed by atoms with Gasteiger partial charge in [0.1, 0.15) is 11.9 Å². The Balaban J connectivity index is 2.15. The molecule has 1 amide bonds. The molecule has 4 nitrogen and oxygen atoms in total. The standard InChI is InChI=1S/C16H20FNO3/c1-10(2)13(14(19)21-3)18-15(20)16(8-9-16)11-4-6-12(17)7-5-11/h4-7,10,13H,8-9H2,1-3H3,(H,18,20). The second-order valence-corrected chi connectivity index (χ2v) is 5.81. The van der Waals surface area contributed by atoms with Crippen LogP contribution in [0.2, 0.25) is 0 Å². The first-order valence-electron chi connectivity index (χ1n) is 7.05. The molecule has 1 aliphatic carbocycles. The van der Waals surface area contributed by atoms with Crippen LogP contribution in [0.4, 0.5) is 4.39 Å². The number of nitrogens with one attached hydrogen (secondary N) is 1. The average Bonchev–Trinajstić information content (AvgIpc) is 3.25. The number of hydrogen-bond donors (Lipinski definition) is 1. The van der Waals surface area contributed by atoms with E-state index in [0.29, 0.717) is 12.8 Å². The topological polar surface area (TPSA) is 55.4 Å². The molecule has 1 aromatic rings. The Kier molecular flexibility index (Phi) is 4.30. The highest BCUT2D eigenvalue weighted by molar-refractivity contribution is 5.94. The lowest BCUT2D eigenvalue weighted by atomic mass is 9.93. The zero-order valence-electron chi connectivity index (χ0n) is 12.5. The summed E-state index contributed by atoms with van der Waals surface area (Å²) in [6.07, 6.45) is 1.41. The monoisotopic (exact) mass is 293 g/mol. The predicted octanol–water partition coefficient (Wildman–Crippen LogP) is 2.17. The van der Waals surface area contributed by atoms with Crippen molar-refractivity contribution < 1.29 is 18.7 Å². The molecule has 0 saturated heterocycles. The Morgan fingerprint density at radius 3 is 2.24 bits per heavy atom. The zero-order chi connectivity index (χ0) is 15.6. The minimum atomic E-state index is -0.666. The third kappa shape index (κ3) is 3.06. The first-order valence-corrected chi connectivity index (χ1v) is 7.05. The van der Waals surface area contributed by atoms with Crippen LogP contribution in [-0.2, 0) is 19.7 Å². The van der Waals surface area contributed by atoms with Crippen molar-refractivity contribution in [1.82, 2.24) is 5.32 Å². The van der Waals surface area contributed by atoms with Crippen LogP contribution in [0.5, 0.6) is 0 Å². The van der Waals surface area contributed by atoms with Gasteiger partial charge in [0.2, 0.25) is 5.91 Å². The maximum atomic E-state index is 13.0. The number of amides is 1. The fraction of sp³-hybridized carbons (Fsp3) is 0.500. The van der Waals surface area contributed by atoms with Crippen molar-refractivity contribution in [2.45, 2.75) is 38.1 Å². The van der Waals surface area contributed by atoms with Crippen LogP contribution in [0.15, 0.2) is 24.3 Å². The molecule has 0 aliphatic heterocycles. The molecule has 0 radical (unpaired) electrons. The van der Waals surface area contributed by atoms with Crippen LogP contribution in [0, 0.1) is 11.7 Å². The van der Waals surface area contributed by atoms with Crippen LogP contribution >= 0.6 is 0 Å². The van der Waals surface area contributed by atoms with Crippen molar-refractivity contribution in [3.8, 4) is 0 Å². The van der Waals surface area contributed by atoms with Crippen LogP contribution in [0.25, 0.3) is 0 Å². The second-order valence-electron chi connectivity index (χ2n) is 5.81. The minimum Gasteiger partial charge on any atom is -0.467 e. The zero-order valence-corrected chi connectivity index (χ0v) is 12.5. The highest BCUT2D eigenvalue weighted by Gasteiger charge is 2.52. The number of ether oxygens (including phenoxy) is 1. The molecule has 5 heteroatoms. The van der Waals surface area contributed by atoms with E-state index < -0.39 is 17.4 Å². The average molecular weight is 293 g/mol. The summed E-state index contributed by atoms with van der Waals surface area (Å²) in [6.45, 7) is 3.69. The van der Waals surface area contributed by atoms with Gasteiger partial charge < -0.3 is 10.1 Å². The van der Waals surface area contributed by atoms with E-state index >= 15 is 0 Å². The number of halogens is 1. The summed E-state index contributed by atoms with van der Waals surface area (Å²) in [6, 6.07) is 5.29. The van der Waals surface area contributed by atoms with E-state index in [2.05, 4.69) is 5.32 Å². The maximum Gasteiger partial charge on any atom is 0.328 e. The van der Waals surface area contributed by atoms with Gasteiger partial charge >= 0.3 is 5.97 Å². The number of methoxy groups -OCH3 is 1. The molecule has 1 N–H and O–H groups in total. The van der Waals surface area contributed by atoms with Crippen LogP contribution in [0.1, 0.15) is 32.3 Å². The summed E-state index contributed by atoms with van der Waals surface area (Å²) in [5.74, 6) is -1.04. The molecule has 1 unspecified atom stereocenters. The van der Waals surface area contributed by atoms with Gasteiger partial charge in [-0.05, 0) is 36.5 Å². The highest BCUT2D eigenvalue weighted by Crippen LogP contribution is 2.48. The van der Waals surface area contributed by atoms with Crippen LogP contribution in [-0.4, -0.2) is 25.0 Å². The van der Waals surface area contributed by atoms with Crippen molar-refractivity contribution in [2.24, 2.45) is 5.92 Å². The molecular formula is C16H20FNO3. The largest absolute Gasteiger partial charge is 0.467 e. The van der Waals surface area contributed by atoms with Crippen molar-refractivity contribution in [3.05, 3.63) is 35.6 Å². The summed E-state index contributed by atoms with van der Waals surface area (Å²) in [4.78, 5) is 24.3. The molecule has 1 aliphatic rings. The van der Waals surface area contributed by atoms with Crippen LogP contribution < -0.4 is 5.32 Å². The summed E-state index contributed by atoms with van der Waals surface area (Å²) >= 11 is 0. The van der Waals surface area contributed by atoms with Crippen molar-refractivity contribution >= 4 is 11.9 Å². The summed E-state index contributed by atoms with van der Waals surface area (Å²) in [7, 11) is 1.30. The molecule has 0 heterocycles. The first-order chi connectivity index (χ1) is 9.90. The normalized spacial score (nSPS) is 17.2. The fourth-order valence-electron chi connectivity index (χ4n) is 2.44. The van der Waals surface area contributed by atoms with E-state index in [1.807, 2.05) is 13.8 Å². The molecular weight excluding hydrogens is 273 g/mol. The SMILES string of the molecule is COC(=O)C(NC(=O)C1(c2ccc(F)cc2)CC1)C(C)C. The smallest absolute Gasteiger partial charge is 0.328 e. The Morgan fingerprint density at radius 2 is 1.81 bits per heavy atom. The first kappa shape index (κ1) is 15.5. The number of benzene rings is 1. The van der Waals surface area contributed by atoms with E-state index in [1.54, 1.807) is 12.1 Å². The third-order valence-electron chi connectivity index (χ3n) is 3.99. The van der Waals surface area contributed by atoms with E-state index in [9.17, 15) is 14.0 Å². The van der Waals surface area contributed by atoms with Gasteiger partial charge in [0.25, 0.3) is 0 Å². The maximum absolute atomic E-state index is 13.0. The van der Waals surface area contributed by atoms with Gasteiger partial charge in [-0.3, -0.25) is 4.79 Å². The molecule has 0 bridgehead atoms. The van der Waals surface area contributed by atoms with Gasteiger partial charge in [0.15, 0.2) is 0 Å². The van der Waals surface area contributed by atoms with Gasteiger partial charge in [0, 0.05) is 0 Å². The summed E-state index contributed by atoms with van der Waals surface area (Å²) in [5.41, 5.74) is 0.156. The Hall–Kier alpha value is -1.91. The minimum absolute atomic E-state index is 0.0644. The van der Waals surface area contributed by atoms with Gasteiger partial charge in [-0.2, -0.15) is 0 Å². The molecule has 1 aromatic carbocycles. The van der Waals surface area contributed by atoms with E-state index in [4.69, 9.17) is 4.74 Å².